The van der Waals surface area contributed by atoms with E-state index in [4.69, 9.17) is 5.11 Å². The highest BCUT2D eigenvalue weighted by Crippen LogP contribution is 2.15. The van der Waals surface area contributed by atoms with Gasteiger partial charge in [-0.15, -0.1) is 11.3 Å². The molecule has 1 heterocycles. The summed E-state index contributed by atoms with van der Waals surface area (Å²) in [7, 11) is 0. The zero-order valence-electron chi connectivity index (χ0n) is 13.4. The van der Waals surface area contributed by atoms with Crippen LogP contribution in [-0.4, -0.2) is 39.5 Å². The number of hydrogen-bond acceptors (Lipinski definition) is 4. The second-order valence-electron chi connectivity index (χ2n) is 5.66. The first kappa shape index (κ1) is 17.1. The number of carbonyl (C=O) groups excluding carboxylic acids is 1. The molecule has 0 saturated carbocycles. The smallest absolute Gasteiger partial charge is 0.335 e. The first-order chi connectivity index (χ1) is 10.9. The van der Waals surface area contributed by atoms with E-state index in [0.29, 0.717) is 18.5 Å². The van der Waals surface area contributed by atoms with Crippen LogP contribution in [0.2, 0.25) is 0 Å². The van der Waals surface area contributed by atoms with Crippen LogP contribution in [0.1, 0.15) is 45.1 Å². The highest BCUT2D eigenvalue weighted by Gasteiger charge is 2.20. The number of carboxylic acids is 1. The van der Waals surface area contributed by atoms with Crippen molar-refractivity contribution < 1.29 is 14.7 Å². The molecule has 0 saturated heterocycles. The Labute approximate surface area is 139 Å². The molecule has 2 aromatic rings. The van der Waals surface area contributed by atoms with Crippen LogP contribution in [-0.2, 0) is 6.42 Å². The van der Waals surface area contributed by atoms with Gasteiger partial charge in [-0.25, -0.2) is 9.78 Å². The van der Waals surface area contributed by atoms with E-state index >= 15 is 0 Å². The van der Waals surface area contributed by atoms with Crippen molar-refractivity contribution in [3.8, 4) is 0 Å². The number of carboxylic acid groups (broad SMARTS) is 1. The van der Waals surface area contributed by atoms with Gasteiger partial charge in [-0.1, -0.05) is 0 Å². The first-order valence-electron chi connectivity index (χ1n) is 7.43. The van der Waals surface area contributed by atoms with Crippen LogP contribution in [0.5, 0.6) is 0 Å². The molecule has 0 fully saturated rings. The van der Waals surface area contributed by atoms with Gasteiger partial charge >= 0.3 is 5.97 Å². The summed E-state index contributed by atoms with van der Waals surface area (Å²) in [6, 6.07) is 4.76. The molecular weight excluding hydrogens is 312 g/mol. The number of aromatic carboxylic acids is 1. The largest absolute Gasteiger partial charge is 0.478 e. The molecule has 0 atom stereocenters. The van der Waals surface area contributed by atoms with Crippen LogP contribution in [0, 0.1) is 6.92 Å². The number of benzene rings is 1. The lowest BCUT2D eigenvalue weighted by Crippen LogP contribution is -2.38. The molecule has 23 heavy (non-hydrogen) atoms. The quantitative estimate of drug-likeness (QED) is 0.881. The molecule has 0 aliphatic rings. The van der Waals surface area contributed by atoms with Crippen LogP contribution in [0.4, 0.5) is 0 Å². The molecule has 1 amide bonds. The van der Waals surface area contributed by atoms with Crippen molar-refractivity contribution in [2.75, 3.05) is 6.54 Å². The third kappa shape index (κ3) is 4.39. The lowest BCUT2D eigenvalue weighted by Gasteiger charge is -2.27. The van der Waals surface area contributed by atoms with E-state index in [2.05, 4.69) is 4.98 Å². The molecule has 1 aromatic carbocycles. The highest BCUT2D eigenvalue weighted by molar-refractivity contribution is 7.09. The van der Waals surface area contributed by atoms with Gasteiger partial charge in [-0.3, -0.25) is 4.79 Å². The summed E-state index contributed by atoms with van der Waals surface area (Å²) in [4.78, 5) is 30.0. The Balaban J connectivity index is 2.22. The fourth-order valence-electron chi connectivity index (χ4n) is 2.38. The van der Waals surface area contributed by atoms with Crippen LogP contribution < -0.4 is 0 Å². The van der Waals surface area contributed by atoms with Gasteiger partial charge in [0.15, 0.2) is 0 Å². The zero-order chi connectivity index (χ0) is 17.0. The molecule has 0 unspecified atom stereocenters. The number of carbonyl (C=O) groups is 2. The van der Waals surface area contributed by atoms with E-state index < -0.39 is 5.97 Å². The van der Waals surface area contributed by atoms with E-state index in [0.717, 1.165) is 10.6 Å². The molecule has 122 valence electrons. The summed E-state index contributed by atoms with van der Waals surface area (Å²) in [5, 5.41) is 12.1. The average Bonchev–Trinajstić information content (AvgIpc) is 2.99. The van der Waals surface area contributed by atoms with E-state index in [-0.39, 0.29) is 17.5 Å². The minimum absolute atomic E-state index is 0.0243. The van der Waals surface area contributed by atoms with E-state index in [1.54, 1.807) is 41.5 Å². The van der Waals surface area contributed by atoms with Gasteiger partial charge < -0.3 is 10.0 Å². The van der Waals surface area contributed by atoms with Crippen molar-refractivity contribution >= 4 is 23.2 Å². The topological polar surface area (TPSA) is 70.5 Å². The number of rotatable bonds is 6. The molecule has 1 N–H and O–H groups in total. The van der Waals surface area contributed by atoms with Crippen LogP contribution in [0.25, 0.3) is 0 Å². The van der Waals surface area contributed by atoms with Crippen molar-refractivity contribution in [1.29, 1.82) is 0 Å². The molecule has 1 aromatic heterocycles. The van der Waals surface area contributed by atoms with Crippen LogP contribution in [0.15, 0.2) is 29.8 Å². The maximum atomic E-state index is 12.8. The Hall–Kier alpha value is -2.21. The maximum Gasteiger partial charge on any atom is 0.335 e. The Bertz CT molecular complexity index is 696. The molecule has 5 nitrogen and oxygen atoms in total. The summed E-state index contributed by atoms with van der Waals surface area (Å²) < 4.78 is 0. The predicted molar refractivity (Wildman–Crippen MR) is 90.1 cm³/mol. The SMILES string of the molecule is Cc1cc(C(=O)O)cc(C(=O)N(CCc2nccs2)C(C)C)c1. The highest BCUT2D eigenvalue weighted by atomic mass is 32.1. The number of amides is 1. The standard InChI is InChI=1S/C17H20N2O3S/c1-11(2)19(6-4-15-18-5-7-23-15)16(20)13-8-12(3)9-14(10-13)17(21)22/h5,7-11H,4,6H2,1-3H3,(H,21,22). The number of aromatic nitrogens is 1. The van der Waals surface area contributed by atoms with Gasteiger partial charge in [-0.05, 0) is 44.5 Å². The minimum atomic E-state index is -1.03. The normalized spacial score (nSPS) is 10.8. The van der Waals surface area contributed by atoms with Crippen LogP contribution in [0.3, 0.4) is 0 Å². The van der Waals surface area contributed by atoms with E-state index in [1.165, 1.54) is 6.07 Å². The summed E-state index contributed by atoms with van der Waals surface area (Å²) in [6.07, 6.45) is 2.44. The fourth-order valence-corrected chi connectivity index (χ4v) is 2.99. The summed E-state index contributed by atoms with van der Waals surface area (Å²) >= 11 is 1.57. The lowest BCUT2D eigenvalue weighted by atomic mass is 10.0. The lowest BCUT2D eigenvalue weighted by molar-refractivity contribution is 0.0696. The van der Waals surface area contributed by atoms with E-state index in [9.17, 15) is 9.59 Å². The van der Waals surface area contributed by atoms with Crippen molar-refractivity contribution in [3.63, 3.8) is 0 Å². The second-order valence-corrected chi connectivity index (χ2v) is 6.64. The summed E-state index contributed by atoms with van der Waals surface area (Å²) in [5.74, 6) is -1.18. The van der Waals surface area contributed by atoms with E-state index in [1.807, 2.05) is 19.2 Å². The Kier molecular flexibility index (Phi) is 5.50. The molecule has 2 rings (SSSR count). The van der Waals surface area contributed by atoms with Gasteiger partial charge in [-0.2, -0.15) is 0 Å². The molecule has 0 aliphatic heterocycles. The maximum absolute atomic E-state index is 12.8. The molecule has 0 spiro atoms. The fraction of sp³-hybridized carbons (Fsp3) is 0.353. The van der Waals surface area contributed by atoms with Crippen molar-refractivity contribution in [2.24, 2.45) is 0 Å². The Morgan fingerprint density at radius 3 is 2.52 bits per heavy atom. The van der Waals surface area contributed by atoms with Gasteiger partial charge in [0.1, 0.15) is 0 Å². The summed E-state index contributed by atoms with van der Waals surface area (Å²) in [6.45, 7) is 6.25. The van der Waals surface area contributed by atoms with Crippen molar-refractivity contribution in [3.05, 3.63) is 51.5 Å². The third-order valence-corrected chi connectivity index (χ3v) is 4.34. The third-order valence-electron chi connectivity index (χ3n) is 3.51. The minimum Gasteiger partial charge on any atom is -0.478 e. The molecular formula is C17H20N2O3S. The second kappa shape index (κ2) is 7.37. The van der Waals surface area contributed by atoms with Gasteiger partial charge in [0, 0.05) is 36.1 Å². The molecule has 0 bridgehead atoms. The number of nitrogens with zero attached hydrogens (tertiary/aromatic N) is 2. The number of hydrogen-bond donors (Lipinski definition) is 1. The first-order valence-corrected chi connectivity index (χ1v) is 8.30. The summed E-state index contributed by atoms with van der Waals surface area (Å²) in [5.41, 5.74) is 1.31. The number of thiazole rings is 1. The monoisotopic (exact) mass is 332 g/mol. The van der Waals surface area contributed by atoms with Gasteiger partial charge in [0.2, 0.25) is 0 Å². The molecule has 6 heteroatoms. The van der Waals surface area contributed by atoms with Crippen molar-refractivity contribution in [1.82, 2.24) is 9.88 Å². The zero-order valence-corrected chi connectivity index (χ0v) is 14.3. The molecule has 0 aliphatic carbocycles. The van der Waals surface area contributed by atoms with Gasteiger partial charge in [0.25, 0.3) is 5.91 Å². The Morgan fingerprint density at radius 2 is 1.96 bits per heavy atom. The average molecular weight is 332 g/mol. The Morgan fingerprint density at radius 1 is 1.26 bits per heavy atom. The van der Waals surface area contributed by atoms with Crippen LogP contribution >= 0.6 is 11.3 Å². The van der Waals surface area contributed by atoms with Gasteiger partial charge in [0.05, 0.1) is 10.6 Å². The molecule has 0 radical (unpaired) electrons. The predicted octanol–water partition coefficient (Wildman–Crippen LogP) is 3.24. The van der Waals surface area contributed by atoms with Crippen molar-refractivity contribution in [2.45, 2.75) is 33.2 Å². The number of aryl methyl sites for hydroxylation is 1.